The first-order valence-electron chi connectivity index (χ1n) is 9.47. The van der Waals surface area contributed by atoms with Crippen molar-refractivity contribution in [1.29, 1.82) is 0 Å². The number of ketones is 2. The summed E-state index contributed by atoms with van der Waals surface area (Å²) in [5.41, 5.74) is 1.98. The number of aromatic nitrogens is 1. The number of amides is 1. The minimum Gasteiger partial charge on any atom is -0.496 e. The molecule has 1 amide bonds. The third kappa shape index (κ3) is 3.52. The van der Waals surface area contributed by atoms with Gasteiger partial charge < -0.3 is 9.64 Å². The van der Waals surface area contributed by atoms with Gasteiger partial charge in [-0.2, -0.15) is 0 Å². The molecular weight excluding hydrogens is 400 g/mol. The molecule has 1 aromatic carbocycles. The van der Waals surface area contributed by atoms with Crippen LogP contribution >= 0.6 is 11.3 Å². The number of benzene rings is 1. The number of aryl methyl sites for hydroxylation is 1. The SMILES string of the molecule is COc1ccc(C(=O)C2C(=O)C(=O)N(Cc3cccnc3)C2c2cccs2)cc1C. The molecule has 0 saturated carbocycles. The van der Waals surface area contributed by atoms with Gasteiger partial charge in [-0.25, -0.2) is 0 Å². The lowest BCUT2D eigenvalue weighted by Gasteiger charge is -2.26. The Hall–Kier alpha value is -3.32. The number of Topliss-reactive ketones (excluding diaryl/α,β-unsaturated/α-hetero) is 2. The fraction of sp³-hybridized carbons (Fsp3) is 0.217. The highest BCUT2D eigenvalue weighted by Gasteiger charge is 2.52. The highest BCUT2D eigenvalue weighted by Crippen LogP contribution is 2.41. The molecule has 7 heteroatoms. The molecular formula is C23H20N2O4S. The molecule has 2 unspecified atom stereocenters. The van der Waals surface area contributed by atoms with Crippen molar-refractivity contribution in [3.8, 4) is 5.75 Å². The van der Waals surface area contributed by atoms with E-state index >= 15 is 0 Å². The van der Waals surface area contributed by atoms with Gasteiger partial charge in [0.1, 0.15) is 11.7 Å². The Morgan fingerprint density at radius 2 is 2.03 bits per heavy atom. The van der Waals surface area contributed by atoms with Crippen molar-refractivity contribution in [2.45, 2.75) is 19.5 Å². The van der Waals surface area contributed by atoms with Crippen molar-refractivity contribution in [3.05, 3.63) is 81.8 Å². The molecule has 3 aromatic rings. The zero-order valence-electron chi connectivity index (χ0n) is 16.6. The number of carbonyl (C=O) groups is 3. The van der Waals surface area contributed by atoms with Gasteiger partial charge in [-0.05, 0) is 53.8 Å². The Labute approximate surface area is 178 Å². The van der Waals surface area contributed by atoms with Gasteiger partial charge in [0.15, 0.2) is 5.78 Å². The largest absolute Gasteiger partial charge is 0.496 e. The highest BCUT2D eigenvalue weighted by molar-refractivity contribution is 7.10. The summed E-state index contributed by atoms with van der Waals surface area (Å²) in [5.74, 6) is -2.09. The summed E-state index contributed by atoms with van der Waals surface area (Å²) in [7, 11) is 1.56. The number of thiophene rings is 1. The van der Waals surface area contributed by atoms with E-state index < -0.39 is 23.7 Å². The number of hydrogen-bond donors (Lipinski definition) is 0. The summed E-state index contributed by atoms with van der Waals surface area (Å²) in [5, 5.41) is 1.88. The Kier molecular flexibility index (Phi) is 5.46. The van der Waals surface area contributed by atoms with Gasteiger partial charge in [-0.3, -0.25) is 19.4 Å². The van der Waals surface area contributed by atoms with Gasteiger partial charge in [0.2, 0.25) is 5.78 Å². The lowest BCUT2D eigenvalue weighted by Crippen LogP contribution is -2.29. The van der Waals surface area contributed by atoms with Gasteiger partial charge in [0.05, 0.1) is 13.2 Å². The van der Waals surface area contributed by atoms with Crippen molar-refractivity contribution in [2.75, 3.05) is 7.11 Å². The van der Waals surface area contributed by atoms with Crippen LogP contribution in [-0.4, -0.2) is 34.5 Å². The predicted octanol–water partition coefficient (Wildman–Crippen LogP) is 3.61. The number of pyridine rings is 1. The van der Waals surface area contributed by atoms with Gasteiger partial charge in [-0.15, -0.1) is 11.3 Å². The Morgan fingerprint density at radius 3 is 2.67 bits per heavy atom. The van der Waals surface area contributed by atoms with E-state index in [9.17, 15) is 14.4 Å². The number of hydrogen-bond acceptors (Lipinski definition) is 6. The molecule has 0 bridgehead atoms. The monoisotopic (exact) mass is 420 g/mol. The standard InChI is InChI=1S/C23H20N2O4S/c1-14-11-16(7-8-17(14)29-2)21(26)19-20(18-6-4-10-30-18)25(23(28)22(19)27)13-15-5-3-9-24-12-15/h3-12,19-20H,13H2,1-2H3. The summed E-state index contributed by atoms with van der Waals surface area (Å²) in [6.45, 7) is 2.05. The van der Waals surface area contributed by atoms with Crippen LogP contribution in [0.4, 0.5) is 0 Å². The first kappa shape index (κ1) is 20.0. The lowest BCUT2D eigenvalue weighted by atomic mass is 9.88. The summed E-state index contributed by atoms with van der Waals surface area (Å²) >= 11 is 1.43. The fourth-order valence-electron chi connectivity index (χ4n) is 3.83. The van der Waals surface area contributed by atoms with Crippen molar-refractivity contribution in [2.24, 2.45) is 5.92 Å². The Morgan fingerprint density at radius 1 is 1.20 bits per heavy atom. The van der Waals surface area contributed by atoms with Crippen LogP contribution in [0, 0.1) is 12.8 Å². The molecule has 4 rings (SSSR count). The minimum atomic E-state index is -1.08. The van der Waals surface area contributed by atoms with E-state index in [2.05, 4.69) is 4.98 Å². The number of likely N-dealkylation sites (tertiary alicyclic amines) is 1. The molecule has 0 N–H and O–H groups in total. The number of rotatable bonds is 6. The maximum absolute atomic E-state index is 13.4. The number of nitrogens with zero attached hydrogens (tertiary/aromatic N) is 2. The number of ether oxygens (including phenoxy) is 1. The molecule has 3 heterocycles. The van der Waals surface area contributed by atoms with E-state index in [1.165, 1.54) is 16.2 Å². The second kappa shape index (κ2) is 8.20. The van der Waals surface area contributed by atoms with Crippen LogP contribution < -0.4 is 4.74 Å². The molecule has 30 heavy (non-hydrogen) atoms. The average Bonchev–Trinajstić information content (AvgIpc) is 3.37. The van der Waals surface area contributed by atoms with Gasteiger partial charge in [-0.1, -0.05) is 12.1 Å². The van der Waals surface area contributed by atoms with Crippen LogP contribution in [0.2, 0.25) is 0 Å². The summed E-state index contributed by atoms with van der Waals surface area (Å²) < 4.78 is 5.26. The molecule has 6 nitrogen and oxygen atoms in total. The van der Waals surface area contributed by atoms with Crippen LogP contribution in [0.5, 0.6) is 5.75 Å². The predicted molar refractivity (Wildman–Crippen MR) is 112 cm³/mol. The molecule has 2 atom stereocenters. The summed E-state index contributed by atoms with van der Waals surface area (Å²) in [6.07, 6.45) is 3.31. The maximum atomic E-state index is 13.4. The maximum Gasteiger partial charge on any atom is 0.291 e. The topological polar surface area (TPSA) is 76.6 Å². The van der Waals surface area contributed by atoms with Crippen molar-refractivity contribution in [3.63, 3.8) is 0 Å². The lowest BCUT2D eigenvalue weighted by molar-refractivity contribution is -0.141. The third-order valence-corrected chi connectivity index (χ3v) is 6.22. The average molecular weight is 420 g/mol. The van der Waals surface area contributed by atoms with E-state index in [-0.39, 0.29) is 12.3 Å². The van der Waals surface area contributed by atoms with Gasteiger partial charge >= 0.3 is 0 Å². The van der Waals surface area contributed by atoms with Gasteiger partial charge in [0.25, 0.3) is 5.91 Å². The van der Waals surface area contributed by atoms with E-state index in [1.807, 2.05) is 30.5 Å². The van der Waals surface area contributed by atoms with Crippen LogP contribution in [0.3, 0.4) is 0 Å². The smallest absolute Gasteiger partial charge is 0.291 e. The molecule has 0 aliphatic carbocycles. The molecule has 1 fully saturated rings. The molecule has 152 valence electrons. The molecule has 0 radical (unpaired) electrons. The minimum absolute atomic E-state index is 0.215. The van der Waals surface area contributed by atoms with Crippen LogP contribution in [0.25, 0.3) is 0 Å². The first-order chi connectivity index (χ1) is 14.5. The molecule has 2 aromatic heterocycles. The van der Waals surface area contributed by atoms with Crippen LogP contribution in [0.1, 0.15) is 32.4 Å². The summed E-state index contributed by atoms with van der Waals surface area (Å²) in [4.78, 5) is 45.7. The van der Waals surface area contributed by atoms with E-state index in [4.69, 9.17) is 4.74 Å². The normalized spacial score (nSPS) is 18.7. The zero-order valence-corrected chi connectivity index (χ0v) is 17.4. The highest BCUT2D eigenvalue weighted by atomic mass is 32.1. The van der Waals surface area contributed by atoms with Crippen LogP contribution in [0.15, 0.2) is 60.2 Å². The molecule has 1 aliphatic rings. The quantitative estimate of drug-likeness (QED) is 0.346. The van der Waals surface area contributed by atoms with Gasteiger partial charge in [0, 0.05) is 29.4 Å². The third-order valence-electron chi connectivity index (χ3n) is 5.28. The first-order valence-corrected chi connectivity index (χ1v) is 10.3. The van der Waals surface area contributed by atoms with Crippen molar-refractivity contribution in [1.82, 2.24) is 9.88 Å². The Balaban J connectivity index is 1.74. The van der Waals surface area contributed by atoms with E-state index in [0.29, 0.717) is 11.3 Å². The second-order valence-corrected chi connectivity index (χ2v) is 8.12. The van der Waals surface area contributed by atoms with Crippen molar-refractivity contribution < 1.29 is 19.1 Å². The van der Waals surface area contributed by atoms with E-state index in [1.54, 1.807) is 43.8 Å². The summed E-state index contributed by atoms with van der Waals surface area (Å²) in [6, 6.07) is 11.7. The number of methoxy groups -OCH3 is 1. The number of carbonyl (C=O) groups excluding carboxylic acids is 3. The van der Waals surface area contributed by atoms with Crippen LogP contribution in [-0.2, 0) is 16.1 Å². The van der Waals surface area contributed by atoms with E-state index in [0.717, 1.165) is 16.0 Å². The zero-order chi connectivity index (χ0) is 21.3. The Bertz CT molecular complexity index is 1100. The molecule has 1 saturated heterocycles. The molecule has 0 spiro atoms. The van der Waals surface area contributed by atoms with Crippen molar-refractivity contribution >= 4 is 28.8 Å². The second-order valence-electron chi connectivity index (χ2n) is 7.15. The fourth-order valence-corrected chi connectivity index (χ4v) is 4.71. The molecule has 1 aliphatic heterocycles.